The van der Waals surface area contributed by atoms with Gasteiger partial charge in [0.05, 0.1) is 5.69 Å². The summed E-state index contributed by atoms with van der Waals surface area (Å²) in [5.74, 6) is 0.546. The average molecular weight is 449 g/mol. The molecule has 0 amide bonds. The van der Waals surface area contributed by atoms with E-state index in [-0.39, 0.29) is 12.1 Å². The molecule has 1 unspecified atom stereocenters. The Morgan fingerprint density at radius 2 is 1.76 bits per heavy atom. The van der Waals surface area contributed by atoms with Gasteiger partial charge in [-0.25, -0.2) is 0 Å². The molecular formula is C27H36N4O2. The summed E-state index contributed by atoms with van der Waals surface area (Å²) in [6.45, 7) is 10.3. The molecule has 3 N–H and O–H groups in total. The second-order valence-electron chi connectivity index (χ2n) is 8.96. The fourth-order valence-electron chi connectivity index (χ4n) is 3.87. The summed E-state index contributed by atoms with van der Waals surface area (Å²) in [7, 11) is 0. The van der Waals surface area contributed by atoms with Crippen LogP contribution in [0.25, 0.3) is 0 Å². The van der Waals surface area contributed by atoms with Crippen LogP contribution >= 0.6 is 0 Å². The van der Waals surface area contributed by atoms with Gasteiger partial charge in [-0.1, -0.05) is 87.8 Å². The number of unbranched alkanes of at least 4 members (excludes halogenated alkanes) is 1. The Kier molecular flexibility index (Phi) is 8.42. The Balaban J connectivity index is 1.77. The van der Waals surface area contributed by atoms with Crippen molar-refractivity contribution in [2.45, 2.75) is 58.7 Å². The molecule has 3 aromatic rings. The molecule has 0 aliphatic carbocycles. The molecule has 0 aliphatic heterocycles. The first kappa shape index (κ1) is 24.7. The molecule has 176 valence electrons. The van der Waals surface area contributed by atoms with E-state index in [1.165, 1.54) is 0 Å². The predicted molar refractivity (Wildman–Crippen MR) is 133 cm³/mol. The van der Waals surface area contributed by atoms with Crippen molar-refractivity contribution >= 4 is 11.7 Å². The molecule has 6 nitrogen and oxygen atoms in total. The average Bonchev–Trinajstić information content (AvgIpc) is 3.31. The topological polar surface area (TPSA) is 84.4 Å². The number of hydrogen-bond donors (Lipinski definition) is 2. The lowest BCUT2D eigenvalue weighted by molar-refractivity contribution is 0.103. The first-order valence-electron chi connectivity index (χ1n) is 11.8. The molecule has 0 bridgehead atoms. The molecule has 33 heavy (non-hydrogen) atoms. The lowest BCUT2D eigenvalue weighted by Crippen LogP contribution is -2.48. The quantitative estimate of drug-likeness (QED) is 0.285. The zero-order valence-electron chi connectivity index (χ0n) is 20.2. The lowest BCUT2D eigenvalue weighted by atomic mass is 9.80. The molecule has 2 aromatic carbocycles. The second-order valence-corrected chi connectivity index (χ2v) is 8.96. The van der Waals surface area contributed by atoms with Gasteiger partial charge in [0.2, 0.25) is 5.88 Å². The lowest BCUT2D eigenvalue weighted by Gasteiger charge is -2.28. The SMILES string of the molecule is CCCCN(CCC)C(N)Nc1cc(C(C)(C)c2cccc(C(=O)c3ccccc3)c2)no1. The van der Waals surface area contributed by atoms with Crippen molar-refractivity contribution in [2.24, 2.45) is 5.73 Å². The smallest absolute Gasteiger partial charge is 0.227 e. The van der Waals surface area contributed by atoms with Crippen LogP contribution in [0, 0.1) is 0 Å². The van der Waals surface area contributed by atoms with Crippen LogP contribution < -0.4 is 11.1 Å². The third-order valence-electron chi connectivity index (χ3n) is 6.03. The number of hydrogen-bond acceptors (Lipinski definition) is 6. The first-order valence-corrected chi connectivity index (χ1v) is 11.8. The Morgan fingerprint density at radius 3 is 2.45 bits per heavy atom. The zero-order valence-corrected chi connectivity index (χ0v) is 20.2. The maximum atomic E-state index is 12.9. The van der Waals surface area contributed by atoms with Gasteiger partial charge in [-0.3, -0.25) is 15.4 Å². The van der Waals surface area contributed by atoms with E-state index in [0.717, 1.165) is 43.6 Å². The number of carbonyl (C=O) groups excluding carboxylic acids is 1. The van der Waals surface area contributed by atoms with Gasteiger partial charge in [0, 0.05) is 35.7 Å². The summed E-state index contributed by atoms with van der Waals surface area (Å²) in [6, 6.07) is 18.9. The largest absolute Gasteiger partial charge is 0.339 e. The van der Waals surface area contributed by atoms with Gasteiger partial charge in [-0.2, -0.15) is 0 Å². The molecule has 1 heterocycles. The van der Waals surface area contributed by atoms with Crippen LogP contribution in [0.4, 0.5) is 5.88 Å². The van der Waals surface area contributed by atoms with Gasteiger partial charge in [0.25, 0.3) is 0 Å². The van der Waals surface area contributed by atoms with Crippen molar-refractivity contribution in [3.8, 4) is 0 Å². The fraction of sp³-hybridized carbons (Fsp3) is 0.407. The number of rotatable bonds is 12. The minimum absolute atomic E-state index is 0.00447. The molecular weight excluding hydrogens is 412 g/mol. The van der Waals surface area contributed by atoms with E-state index in [4.69, 9.17) is 10.3 Å². The van der Waals surface area contributed by atoms with Crippen molar-refractivity contribution < 1.29 is 9.32 Å². The highest BCUT2D eigenvalue weighted by atomic mass is 16.5. The van der Waals surface area contributed by atoms with Crippen molar-refractivity contribution in [1.82, 2.24) is 10.1 Å². The van der Waals surface area contributed by atoms with Gasteiger partial charge in [-0.05, 0) is 24.5 Å². The number of nitrogens with one attached hydrogen (secondary N) is 1. The van der Waals surface area contributed by atoms with Gasteiger partial charge < -0.3 is 9.84 Å². The number of aromatic nitrogens is 1. The standard InChI is InChI=1S/C27H36N4O2/c1-5-7-17-31(16-6-2)26(28)29-24-19-23(30-33-24)27(3,4)22-15-11-14-21(18-22)25(32)20-12-9-8-10-13-20/h8-15,18-19,26,29H,5-7,16-17,28H2,1-4H3. The Morgan fingerprint density at radius 1 is 1.03 bits per heavy atom. The van der Waals surface area contributed by atoms with Crippen LogP contribution in [-0.4, -0.2) is 35.2 Å². The van der Waals surface area contributed by atoms with Gasteiger partial charge in [0.15, 0.2) is 5.78 Å². The van der Waals surface area contributed by atoms with E-state index in [2.05, 4.69) is 43.1 Å². The zero-order chi connectivity index (χ0) is 23.8. The number of nitrogens with zero attached hydrogens (tertiary/aromatic N) is 2. The van der Waals surface area contributed by atoms with Gasteiger partial charge in [0.1, 0.15) is 6.29 Å². The first-order chi connectivity index (χ1) is 15.9. The highest BCUT2D eigenvalue weighted by Crippen LogP contribution is 2.33. The van der Waals surface area contributed by atoms with E-state index >= 15 is 0 Å². The number of nitrogens with two attached hydrogens (primary N) is 1. The molecule has 0 aliphatic rings. The fourth-order valence-corrected chi connectivity index (χ4v) is 3.87. The maximum Gasteiger partial charge on any atom is 0.227 e. The van der Waals surface area contributed by atoms with Gasteiger partial charge >= 0.3 is 0 Å². The number of benzene rings is 2. The molecule has 6 heteroatoms. The normalized spacial score (nSPS) is 12.7. The van der Waals surface area contributed by atoms with Crippen LogP contribution in [0.3, 0.4) is 0 Å². The molecule has 1 atom stereocenters. The van der Waals surface area contributed by atoms with Crippen molar-refractivity contribution in [3.05, 3.63) is 83.0 Å². The molecule has 0 spiro atoms. The van der Waals surface area contributed by atoms with Crippen LogP contribution in [0.5, 0.6) is 0 Å². The number of anilines is 1. The number of carbonyl (C=O) groups is 1. The van der Waals surface area contributed by atoms with E-state index in [1.54, 1.807) is 0 Å². The van der Waals surface area contributed by atoms with Crippen LogP contribution in [0.1, 0.15) is 74.1 Å². The summed E-state index contributed by atoms with van der Waals surface area (Å²) >= 11 is 0. The number of ketones is 1. The van der Waals surface area contributed by atoms with Crippen LogP contribution in [-0.2, 0) is 5.41 Å². The maximum absolute atomic E-state index is 12.9. The molecule has 0 saturated heterocycles. The Bertz CT molecular complexity index is 1030. The third kappa shape index (κ3) is 6.09. The van der Waals surface area contributed by atoms with Crippen molar-refractivity contribution in [1.29, 1.82) is 0 Å². The van der Waals surface area contributed by atoms with Crippen LogP contribution in [0.2, 0.25) is 0 Å². The summed E-state index contributed by atoms with van der Waals surface area (Å²) < 4.78 is 5.59. The summed E-state index contributed by atoms with van der Waals surface area (Å²) in [6.07, 6.45) is 2.92. The molecule has 0 fully saturated rings. The van der Waals surface area contributed by atoms with E-state index < -0.39 is 5.41 Å². The summed E-state index contributed by atoms with van der Waals surface area (Å²) in [5, 5.41) is 7.57. The third-order valence-corrected chi connectivity index (χ3v) is 6.03. The van der Waals surface area contributed by atoms with E-state index in [1.807, 2.05) is 60.7 Å². The highest BCUT2D eigenvalue weighted by Gasteiger charge is 2.28. The molecule has 0 radical (unpaired) electrons. The van der Waals surface area contributed by atoms with Crippen molar-refractivity contribution in [2.75, 3.05) is 18.4 Å². The predicted octanol–water partition coefficient (Wildman–Crippen LogP) is 5.40. The molecule has 0 saturated carbocycles. The van der Waals surface area contributed by atoms with Crippen molar-refractivity contribution in [3.63, 3.8) is 0 Å². The Labute approximate surface area is 197 Å². The van der Waals surface area contributed by atoms with E-state index in [9.17, 15) is 4.79 Å². The van der Waals surface area contributed by atoms with E-state index in [0.29, 0.717) is 17.0 Å². The van der Waals surface area contributed by atoms with Gasteiger partial charge in [-0.15, -0.1) is 0 Å². The summed E-state index contributed by atoms with van der Waals surface area (Å²) in [5.41, 5.74) is 9.05. The Hall–Kier alpha value is -2.96. The second kappa shape index (κ2) is 11.3. The monoisotopic (exact) mass is 448 g/mol. The minimum Gasteiger partial charge on any atom is -0.339 e. The minimum atomic E-state index is -0.453. The summed E-state index contributed by atoms with van der Waals surface area (Å²) in [4.78, 5) is 15.1. The molecule has 3 rings (SSSR count). The molecule has 1 aromatic heterocycles. The highest BCUT2D eigenvalue weighted by molar-refractivity contribution is 6.09. The van der Waals surface area contributed by atoms with Crippen LogP contribution in [0.15, 0.2) is 65.2 Å².